The first-order valence-corrected chi connectivity index (χ1v) is 2.77. The Morgan fingerprint density at radius 2 is 2.30 bits per heavy atom. The highest BCUT2D eigenvalue weighted by Gasteiger charge is 2.10. The topological polar surface area (TPSA) is 29.5 Å². The predicted molar refractivity (Wildman–Crippen MR) is 37.4 cm³/mol. The third-order valence-electron chi connectivity index (χ3n) is 0.792. The Morgan fingerprint density at radius 3 is 2.70 bits per heavy atom. The first-order valence-electron chi connectivity index (χ1n) is 2.77. The highest BCUT2D eigenvalue weighted by molar-refractivity contribution is 5.23. The summed E-state index contributed by atoms with van der Waals surface area (Å²) in [5.74, 6) is 6.79. The van der Waals surface area contributed by atoms with Gasteiger partial charge in [0.25, 0.3) is 0 Å². The summed E-state index contributed by atoms with van der Waals surface area (Å²) in [7, 11) is 1.51. The van der Waals surface area contributed by atoms with E-state index in [1.54, 1.807) is 0 Å². The molecule has 0 aliphatic heterocycles. The van der Waals surface area contributed by atoms with Gasteiger partial charge in [0.2, 0.25) is 0 Å². The SMILES string of the molecule is [C]#CC(C)(O)C#CCOC. The Kier molecular flexibility index (Phi) is 3.57. The van der Waals surface area contributed by atoms with Crippen molar-refractivity contribution < 1.29 is 9.84 Å². The first-order chi connectivity index (χ1) is 4.62. The van der Waals surface area contributed by atoms with Crippen molar-refractivity contribution in [3.8, 4) is 17.8 Å². The third-order valence-corrected chi connectivity index (χ3v) is 0.792. The maximum absolute atomic E-state index is 9.02. The monoisotopic (exact) mass is 137 g/mol. The molecular formula is C8H9O2. The lowest BCUT2D eigenvalue weighted by Crippen LogP contribution is -2.17. The zero-order valence-corrected chi connectivity index (χ0v) is 6.06. The van der Waals surface area contributed by atoms with Gasteiger partial charge in [0, 0.05) is 7.11 Å². The molecule has 10 heavy (non-hydrogen) atoms. The van der Waals surface area contributed by atoms with Crippen LogP contribution in [0.3, 0.4) is 0 Å². The van der Waals surface area contributed by atoms with Crippen molar-refractivity contribution >= 4 is 0 Å². The van der Waals surface area contributed by atoms with E-state index in [9.17, 15) is 0 Å². The van der Waals surface area contributed by atoms with Crippen molar-refractivity contribution in [3.05, 3.63) is 6.42 Å². The molecule has 53 valence electrons. The van der Waals surface area contributed by atoms with Crippen molar-refractivity contribution in [2.45, 2.75) is 12.5 Å². The van der Waals surface area contributed by atoms with Gasteiger partial charge in [0.05, 0.1) is 0 Å². The molecule has 0 amide bonds. The molecule has 1 N–H and O–H groups in total. The minimum Gasteiger partial charge on any atom is -0.372 e. The van der Waals surface area contributed by atoms with Gasteiger partial charge in [0.15, 0.2) is 5.60 Å². The molecule has 1 radical (unpaired) electrons. The molecule has 1 atom stereocenters. The Labute approximate surface area is 61.2 Å². The molecule has 0 saturated heterocycles. The van der Waals surface area contributed by atoms with Gasteiger partial charge >= 0.3 is 0 Å². The molecule has 2 nitrogen and oxygen atoms in total. The maximum atomic E-state index is 9.02. The van der Waals surface area contributed by atoms with Crippen LogP contribution in [0, 0.1) is 24.2 Å². The molecule has 0 aliphatic carbocycles. The molecule has 1 unspecified atom stereocenters. The molecule has 0 fully saturated rings. The average Bonchev–Trinajstić information content (AvgIpc) is 1.89. The van der Waals surface area contributed by atoms with Crippen LogP contribution in [0.2, 0.25) is 0 Å². The van der Waals surface area contributed by atoms with Crippen LogP contribution in [-0.2, 0) is 4.74 Å². The molecule has 0 aromatic heterocycles. The van der Waals surface area contributed by atoms with Crippen LogP contribution < -0.4 is 0 Å². The normalized spacial score (nSPS) is 14.2. The van der Waals surface area contributed by atoms with Crippen molar-refractivity contribution in [3.63, 3.8) is 0 Å². The molecule has 0 saturated carbocycles. The zero-order valence-electron chi connectivity index (χ0n) is 6.06. The van der Waals surface area contributed by atoms with Crippen LogP contribution in [0.25, 0.3) is 0 Å². The fraction of sp³-hybridized carbons (Fsp3) is 0.500. The summed E-state index contributed by atoms with van der Waals surface area (Å²) in [6.07, 6.45) is 6.60. The van der Waals surface area contributed by atoms with E-state index >= 15 is 0 Å². The minimum absolute atomic E-state index is 0.262. The third kappa shape index (κ3) is 3.97. The molecular weight excluding hydrogens is 128 g/mol. The Balaban J connectivity index is 3.93. The second-order valence-corrected chi connectivity index (χ2v) is 1.93. The van der Waals surface area contributed by atoms with E-state index in [0.29, 0.717) is 0 Å². The molecule has 0 heterocycles. The number of rotatable bonds is 1. The van der Waals surface area contributed by atoms with E-state index in [1.165, 1.54) is 14.0 Å². The van der Waals surface area contributed by atoms with Gasteiger partial charge in [-0.15, -0.1) is 0 Å². The van der Waals surface area contributed by atoms with E-state index in [1.807, 2.05) is 5.92 Å². The number of ether oxygens (including phenoxy) is 1. The Morgan fingerprint density at radius 1 is 1.70 bits per heavy atom. The second kappa shape index (κ2) is 3.95. The fourth-order valence-corrected chi connectivity index (χ4v) is 0.312. The van der Waals surface area contributed by atoms with E-state index in [2.05, 4.69) is 16.6 Å². The van der Waals surface area contributed by atoms with Crippen LogP contribution >= 0.6 is 0 Å². The predicted octanol–water partition coefficient (Wildman–Crippen LogP) is -0.0230. The fourth-order valence-electron chi connectivity index (χ4n) is 0.312. The minimum atomic E-state index is -1.43. The van der Waals surface area contributed by atoms with Gasteiger partial charge in [-0.3, -0.25) is 0 Å². The van der Waals surface area contributed by atoms with E-state index in [4.69, 9.17) is 11.5 Å². The lowest BCUT2D eigenvalue weighted by molar-refractivity contribution is 0.183. The summed E-state index contributed by atoms with van der Waals surface area (Å²) in [6.45, 7) is 1.65. The van der Waals surface area contributed by atoms with Gasteiger partial charge in [0.1, 0.15) is 6.61 Å². The summed E-state index contributed by atoms with van der Waals surface area (Å²) in [6, 6.07) is 0. The quantitative estimate of drug-likeness (QED) is 0.514. The van der Waals surface area contributed by atoms with Gasteiger partial charge in [-0.1, -0.05) is 11.8 Å². The summed E-state index contributed by atoms with van der Waals surface area (Å²) in [5, 5.41) is 9.02. The molecule has 0 aliphatic rings. The van der Waals surface area contributed by atoms with Crippen LogP contribution in [0.15, 0.2) is 0 Å². The molecule has 0 aromatic rings. The van der Waals surface area contributed by atoms with Crippen molar-refractivity contribution in [2.75, 3.05) is 13.7 Å². The number of aliphatic hydroxyl groups is 1. The standard InChI is InChI=1S/C8H9O2/c1-4-8(2,9)6-5-7-10-3/h9H,7H2,2-3H3. The second-order valence-electron chi connectivity index (χ2n) is 1.93. The maximum Gasteiger partial charge on any atom is 0.185 e. The van der Waals surface area contributed by atoms with Crippen LogP contribution in [0.5, 0.6) is 0 Å². The molecule has 0 bridgehead atoms. The number of methoxy groups -OCH3 is 1. The number of hydrogen-bond acceptors (Lipinski definition) is 2. The highest BCUT2D eigenvalue weighted by Crippen LogP contribution is 1.95. The molecule has 2 heteroatoms. The van der Waals surface area contributed by atoms with Gasteiger partial charge in [-0.25, -0.2) is 0 Å². The lowest BCUT2D eigenvalue weighted by Gasteiger charge is -2.04. The van der Waals surface area contributed by atoms with Gasteiger partial charge in [-0.2, -0.15) is 0 Å². The van der Waals surface area contributed by atoms with Crippen LogP contribution in [0.1, 0.15) is 6.92 Å². The lowest BCUT2D eigenvalue weighted by atomic mass is 10.1. The summed E-state index contributed by atoms with van der Waals surface area (Å²) < 4.78 is 4.61. The van der Waals surface area contributed by atoms with Crippen molar-refractivity contribution in [2.24, 2.45) is 0 Å². The molecule has 0 rings (SSSR count). The zero-order chi connectivity index (χ0) is 8.04. The molecule has 0 aromatic carbocycles. The summed E-state index contributed by atoms with van der Waals surface area (Å²) in [5.41, 5.74) is -1.43. The number of hydrogen-bond donors (Lipinski definition) is 1. The van der Waals surface area contributed by atoms with E-state index < -0.39 is 5.60 Å². The van der Waals surface area contributed by atoms with E-state index in [0.717, 1.165) is 0 Å². The van der Waals surface area contributed by atoms with Gasteiger partial charge in [-0.05, 0) is 19.3 Å². The first kappa shape index (κ1) is 9.04. The molecule has 0 spiro atoms. The van der Waals surface area contributed by atoms with Gasteiger partial charge < -0.3 is 9.84 Å². The Bertz CT molecular complexity index is 188. The van der Waals surface area contributed by atoms with E-state index in [-0.39, 0.29) is 6.61 Å². The van der Waals surface area contributed by atoms with Crippen molar-refractivity contribution in [1.29, 1.82) is 0 Å². The van der Waals surface area contributed by atoms with Crippen LogP contribution in [0.4, 0.5) is 0 Å². The average molecular weight is 137 g/mol. The smallest absolute Gasteiger partial charge is 0.185 e. The largest absolute Gasteiger partial charge is 0.372 e. The summed E-state index contributed by atoms with van der Waals surface area (Å²) >= 11 is 0. The van der Waals surface area contributed by atoms with Crippen LogP contribution in [-0.4, -0.2) is 24.4 Å². The van der Waals surface area contributed by atoms with Crippen molar-refractivity contribution in [1.82, 2.24) is 0 Å². The Hall–Kier alpha value is -0.960. The summed E-state index contributed by atoms with van der Waals surface area (Å²) in [4.78, 5) is 0. The highest BCUT2D eigenvalue weighted by atomic mass is 16.5.